The largest absolute Gasteiger partial charge is 0.508 e. The van der Waals surface area contributed by atoms with Crippen molar-refractivity contribution in [3.05, 3.63) is 47.0 Å². The highest BCUT2D eigenvalue weighted by atomic mass is 16.5. The number of rotatable bonds is 2. The average Bonchev–Trinajstić information content (AvgIpc) is 3.00. The Bertz CT molecular complexity index is 905. The van der Waals surface area contributed by atoms with E-state index in [1.807, 2.05) is 0 Å². The van der Waals surface area contributed by atoms with Gasteiger partial charge in [0.25, 0.3) is 0 Å². The molecular formula is C19H17NO6. The Morgan fingerprint density at radius 1 is 1.08 bits per heavy atom. The first-order chi connectivity index (χ1) is 12.4. The predicted octanol–water partition coefficient (Wildman–Crippen LogP) is 2.46. The molecule has 0 unspecified atom stereocenters. The zero-order valence-corrected chi connectivity index (χ0v) is 13.7. The zero-order chi connectivity index (χ0) is 18.4. The fraction of sp³-hybridized carbons (Fsp3) is 0.263. The van der Waals surface area contributed by atoms with Gasteiger partial charge in [0.2, 0.25) is 5.91 Å². The monoisotopic (exact) mass is 355 g/mol. The molecule has 4 rings (SSSR count). The first kappa shape index (κ1) is 16.3. The van der Waals surface area contributed by atoms with E-state index >= 15 is 0 Å². The molecule has 0 radical (unpaired) electrons. The first-order valence-corrected chi connectivity index (χ1v) is 8.31. The number of amides is 1. The molecule has 2 aromatic rings. The Morgan fingerprint density at radius 3 is 2.46 bits per heavy atom. The number of ketones is 1. The van der Waals surface area contributed by atoms with Crippen molar-refractivity contribution in [2.75, 3.05) is 0 Å². The van der Waals surface area contributed by atoms with E-state index in [1.165, 1.54) is 18.2 Å². The number of Topliss-reactive ketones (excluding diaryl/α,β-unsaturated/α-hetero) is 1. The smallest absolute Gasteiger partial charge is 0.220 e. The van der Waals surface area contributed by atoms with Crippen LogP contribution in [0.3, 0.4) is 0 Å². The summed E-state index contributed by atoms with van der Waals surface area (Å²) in [6.07, 6.45) is 0.177. The number of phenolic OH excluding ortho intramolecular Hbond substituents is 3. The van der Waals surface area contributed by atoms with E-state index in [4.69, 9.17) is 4.74 Å². The van der Waals surface area contributed by atoms with Gasteiger partial charge >= 0.3 is 0 Å². The van der Waals surface area contributed by atoms with Crippen LogP contribution in [0, 0.1) is 0 Å². The quantitative estimate of drug-likeness (QED) is 0.658. The van der Waals surface area contributed by atoms with Crippen molar-refractivity contribution in [1.29, 1.82) is 0 Å². The van der Waals surface area contributed by atoms with Crippen LogP contribution >= 0.6 is 0 Å². The minimum atomic E-state index is -0.577. The molecule has 7 nitrogen and oxygen atoms in total. The maximum Gasteiger partial charge on any atom is 0.220 e. The Labute approximate surface area is 148 Å². The van der Waals surface area contributed by atoms with Gasteiger partial charge in [-0.2, -0.15) is 0 Å². The van der Waals surface area contributed by atoms with Crippen molar-refractivity contribution in [3.8, 4) is 23.0 Å². The van der Waals surface area contributed by atoms with Crippen LogP contribution < -0.4 is 10.1 Å². The second kappa shape index (κ2) is 5.94. The summed E-state index contributed by atoms with van der Waals surface area (Å²) in [6.45, 7) is 0. The number of ether oxygens (including phenoxy) is 1. The third kappa shape index (κ3) is 2.61. The van der Waals surface area contributed by atoms with Gasteiger partial charge in [-0.25, -0.2) is 0 Å². The van der Waals surface area contributed by atoms with Crippen molar-refractivity contribution >= 4 is 11.7 Å². The molecule has 134 valence electrons. The molecule has 2 atom stereocenters. The Hall–Kier alpha value is -3.22. The molecule has 0 aromatic heterocycles. The molecule has 0 spiro atoms. The number of carbonyl (C=O) groups is 2. The Morgan fingerprint density at radius 2 is 1.81 bits per heavy atom. The number of aromatic hydroxyl groups is 3. The van der Waals surface area contributed by atoms with Crippen molar-refractivity contribution < 1.29 is 29.6 Å². The SMILES string of the molecule is O=C1CC[C@H](c2c(O)cc3c(c2O)C(=O)C[C@H](c2ccc(O)cc2)O3)N1. The third-order valence-corrected chi connectivity index (χ3v) is 4.81. The fourth-order valence-corrected chi connectivity index (χ4v) is 3.52. The summed E-state index contributed by atoms with van der Waals surface area (Å²) in [4.78, 5) is 24.1. The maximum absolute atomic E-state index is 12.6. The van der Waals surface area contributed by atoms with E-state index in [0.717, 1.165) is 0 Å². The van der Waals surface area contributed by atoms with Gasteiger partial charge < -0.3 is 25.4 Å². The van der Waals surface area contributed by atoms with Gasteiger partial charge in [-0.15, -0.1) is 0 Å². The molecule has 0 aliphatic carbocycles. The summed E-state index contributed by atoms with van der Waals surface area (Å²) < 4.78 is 5.82. The van der Waals surface area contributed by atoms with E-state index in [-0.39, 0.29) is 52.2 Å². The van der Waals surface area contributed by atoms with Gasteiger partial charge in [0.05, 0.1) is 18.0 Å². The standard InChI is InChI=1S/C19H17NO6/c21-10-3-1-9(2-4-10)14-7-13(23)18-15(26-14)8-12(22)17(19(18)25)11-5-6-16(24)20-11/h1-4,8,11,14,21-22,25H,5-7H2,(H,20,24)/t11-,14-/m1/s1. The van der Waals surface area contributed by atoms with Gasteiger partial charge in [-0.3, -0.25) is 9.59 Å². The van der Waals surface area contributed by atoms with E-state index in [0.29, 0.717) is 18.4 Å². The number of fused-ring (bicyclic) bond motifs is 1. The van der Waals surface area contributed by atoms with Crippen LogP contribution in [0.2, 0.25) is 0 Å². The highest BCUT2D eigenvalue weighted by Gasteiger charge is 2.36. The summed E-state index contributed by atoms with van der Waals surface area (Å²) in [5.41, 5.74) is 0.872. The summed E-state index contributed by atoms with van der Waals surface area (Å²) in [5, 5.41) is 33.0. The normalized spacial score (nSPS) is 21.8. The topological polar surface area (TPSA) is 116 Å². The number of phenols is 3. The molecule has 2 heterocycles. The summed E-state index contributed by atoms with van der Waals surface area (Å²) in [6, 6.07) is 7.08. The number of carbonyl (C=O) groups excluding carboxylic acids is 2. The van der Waals surface area contributed by atoms with Gasteiger partial charge in [0, 0.05) is 12.5 Å². The first-order valence-electron chi connectivity index (χ1n) is 8.31. The van der Waals surface area contributed by atoms with E-state index < -0.39 is 12.1 Å². The third-order valence-electron chi connectivity index (χ3n) is 4.81. The van der Waals surface area contributed by atoms with Crippen LogP contribution in [0.15, 0.2) is 30.3 Å². The van der Waals surface area contributed by atoms with Crippen molar-refractivity contribution in [2.24, 2.45) is 0 Å². The summed E-state index contributed by atoms with van der Waals surface area (Å²) in [7, 11) is 0. The minimum Gasteiger partial charge on any atom is -0.508 e. The molecule has 2 aromatic carbocycles. The molecule has 2 aliphatic heterocycles. The Balaban J connectivity index is 1.72. The van der Waals surface area contributed by atoms with Crippen molar-refractivity contribution in [1.82, 2.24) is 5.32 Å². The number of hydrogen-bond donors (Lipinski definition) is 4. The minimum absolute atomic E-state index is 0.0204. The van der Waals surface area contributed by atoms with E-state index in [1.54, 1.807) is 12.1 Å². The molecule has 0 bridgehead atoms. The zero-order valence-electron chi connectivity index (χ0n) is 13.7. The van der Waals surface area contributed by atoms with Crippen molar-refractivity contribution in [2.45, 2.75) is 31.4 Å². The number of hydrogen-bond acceptors (Lipinski definition) is 6. The molecule has 26 heavy (non-hydrogen) atoms. The van der Waals surface area contributed by atoms with Gasteiger partial charge in [-0.05, 0) is 24.1 Å². The number of benzene rings is 2. The second-order valence-electron chi connectivity index (χ2n) is 6.52. The van der Waals surface area contributed by atoms with Crippen LogP contribution in [0.1, 0.15) is 52.9 Å². The van der Waals surface area contributed by atoms with E-state index in [2.05, 4.69) is 5.32 Å². The lowest BCUT2D eigenvalue weighted by Crippen LogP contribution is -2.22. The molecule has 0 saturated carbocycles. The molecule has 1 fully saturated rings. The molecular weight excluding hydrogens is 338 g/mol. The van der Waals surface area contributed by atoms with Gasteiger partial charge in [0.1, 0.15) is 34.7 Å². The van der Waals surface area contributed by atoms with Crippen LogP contribution in [-0.2, 0) is 4.79 Å². The summed E-state index contributed by atoms with van der Waals surface area (Å²) >= 11 is 0. The van der Waals surface area contributed by atoms with Crippen LogP contribution in [0.5, 0.6) is 23.0 Å². The predicted molar refractivity (Wildman–Crippen MR) is 90.3 cm³/mol. The average molecular weight is 355 g/mol. The maximum atomic E-state index is 12.6. The van der Waals surface area contributed by atoms with Crippen LogP contribution in [0.25, 0.3) is 0 Å². The molecule has 4 N–H and O–H groups in total. The molecule has 7 heteroatoms. The highest BCUT2D eigenvalue weighted by Crippen LogP contribution is 2.47. The van der Waals surface area contributed by atoms with Crippen LogP contribution in [-0.4, -0.2) is 27.0 Å². The van der Waals surface area contributed by atoms with Crippen molar-refractivity contribution in [3.63, 3.8) is 0 Å². The molecule has 1 amide bonds. The van der Waals surface area contributed by atoms with Crippen LogP contribution in [0.4, 0.5) is 0 Å². The molecule has 1 saturated heterocycles. The number of nitrogens with one attached hydrogen (secondary N) is 1. The van der Waals surface area contributed by atoms with Gasteiger partial charge in [-0.1, -0.05) is 12.1 Å². The Kier molecular flexibility index (Phi) is 3.72. The lowest BCUT2D eigenvalue weighted by atomic mass is 9.91. The van der Waals surface area contributed by atoms with Gasteiger partial charge in [0.15, 0.2) is 5.78 Å². The highest BCUT2D eigenvalue weighted by molar-refractivity contribution is 6.03. The molecule has 2 aliphatic rings. The lowest BCUT2D eigenvalue weighted by Gasteiger charge is -2.28. The second-order valence-corrected chi connectivity index (χ2v) is 6.52. The fourth-order valence-electron chi connectivity index (χ4n) is 3.52. The van der Waals surface area contributed by atoms with E-state index in [9.17, 15) is 24.9 Å². The summed E-state index contributed by atoms with van der Waals surface area (Å²) in [5.74, 6) is -0.847. The lowest BCUT2D eigenvalue weighted by molar-refractivity contribution is -0.119.